The molecule has 1 aromatic rings. The number of aryl methyl sites for hydroxylation is 1. The minimum atomic E-state index is -0.533. The van der Waals surface area contributed by atoms with Crippen molar-refractivity contribution in [3.63, 3.8) is 0 Å². The van der Waals surface area contributed by atoms with Gasteiger partial charge in [0.05, 0.1) is 12.4 Å². The van der Waals surface area contributed by atoms with E-state index in [9.17, 15) is 4.79 Å². The van der Waals surface area contributed by atoms with E-state index in [-0.39, 0.29) is 5.91 Å². The fourth-order valence-corrected chi connectivity index (χ4v) is 1.15. The first kappa shape index (κ1) is 12.3. The first-order valence-corrected chi connectivity index (χ1v) is 5.25. The second-order valence-electron chi connectivity index (χ2n) is 3.33. The molecule has 0 bridgehead atoms. The van der Waals surface area contributed by atoms with Crippen molar-refractivity contribution in [2.75, 3.05) is 6.54 Å². The summed E-state index contributed by atoms with van der Waals surface area (Å²) >= 11 is 0. The third-order valence-electron chi connectivity index (χ3n) is 2.04. The molecule has 0 aliphatic carbocycles. The molecule has 0 spiro atoms. The Hall–Kier alpha value is -1.78. The number of nitrogens with zero attached hydrogens (tertiary/aromatic N) is 2. The van der Waals surface area contributed by atoms with Crippen LogP contribution in [-0.2, 0) is 11.3 Å². The number of hydrogen-bond acceptors (Lipinski definition) is 3. The molecule has 5 nitrogen and oxygen atoms in total. The van der Waals surface area contributed by atoms with Gasteiger partial charge < -0.3 is 10.1 Å². The molecule has 1 aromatic heterocycles. The van der Waals surface area contributed by atoms with Crippen LogP contribution in [0.5, 0.6) is 5.75 Å². The van der Waals surface area contributed by atoms with Crippen LogP contribution in [0.25, 0.3) is 0 Å². The van der Waals surface area contributed by atoms with Crippen molar-refractivity contribution in [1.82, 2.24) is 15.1 Å². The van der Waals surface area contributed by atoms with Crippen LogP contribution >= 0.6 is 0 Å². The van der Waals surface area contributed by atoms with Crippen molar-refractivity contribution < 1.29 is 9.53 Å². The summed E-state index contributed by atoms with van der Waals surface area (Å²) in [7, 11) is 0. The standard InChI is InChI=1S/C11H17N3O2/c1-4-6-12-11(15)9(3)16-10-7-13-14(5-2)8-10/h4,7-9H,1,5-6H2,2-3H3,(H,12,15). The Morgan fingerprint density at radius 2 is 2.56 bits per heavy atom. The molecule has 0 saturated heterocycles. The maximum Gasteiger partial charge on any atom is 0.261 e. The molecular formula is C11H17N3O2. The fourth-order valence-electron chi connectivity index (χ4n) is 1.15. The van der Waals surface area contributed by atoms with E-state index < -0.39 is 6.10 Å². The van der Waals surface area contributed by atoms with Crippen LogP contribution in [0.4, 0.5) is 0 Å². The highest BCUT2D eigenvalue weighted by atomic mass is 16.5. The molecule has 1 heterocycles. The molecule has 0 aliphatic heterocycles. The number of carbonyl (C=O) groups excluding carboxylic acids is 1. The third-order valence-corrected chi connectivity index (χ3v) is 2.04. The molecular weight excluding hydrogens is 206 g/mol. The molecule has 1 atom stereocenters. The summed E-state index contributed by atoms with van der Waals surface area (Å²) in [4.78, 5) is 11.5. The first-order valence-electron chi connectivity index (χ1n) is 5.25. The first-order chi connectivity index (χ1) is 7.67. The lowest BCUT2D eigenvalue weighted by Crippen LogP contribution is -2.36. The number of carbonyl (C=O) groups is 1. The molecule has 1 unspecified atom stereocenters. The number of nitrogens with one attached hydrogen (secondary N) is 1. The second-order valence-corrected chi connectivity index (χ2v) is 3.33. The van der Waals surface area contributed by atoms with Crippen molar-refractivity contribution in [2.24, 2.45) is 0 Å². The van der Waals surface area contributed by atoms with Crippen molar-refractivity contribution >= 4 is 5.91 Å². The van der Waals surface area contributed by atoms with Crippen LogP contribution < -0.4 is 10.1 Å². The van der Waals surface area contributed by atoms with Gasteiger partial charge in [-0.25, -0.2) is 0 Å². The molecule has 1 amide bonds. The lowest BCUT2D eigenvalue weighted by molar-refractivity contribution is -0.127. The van der Waals surface area contributed by atoms with Gasteiger partial charge in [0.1, 0.15) is 0 Å². The van der Waals surface area contributed by atoms with Gasteiger partial charge >= 0.3 is 0 Å². The third kappa shape index (κ3) is 3.42. The highest BCUT2D eigenvalue weighted by molar-refractivity contribution is 5.80. The fraction of sp³-hybridized carbons (Fsp3) is 0.455. The summed E-state index contributed by atoms with van der Waals surface area (Å²) in [5.41, 5.74) is 0. The second kappa shape index (κ2) is 5.95. The lowest BCUT2D eigenvalue weighted by Gasteiger charge is -2.12. The van der Waals surface area contributed by atoms with E-state index in [0.717, 1.165) is 6.54 Å². The summed E-state index contributed by atoms with van der Waals surface area (Å²) in [6, 6.07) is 0. The zero-order chi connectivity index (χ0) is 12.0. The largest absolute Gasteiger partial charge is 0.478 e. The molecule has 0 aliphatic rings. The van der Waals surface area contributed by atoms with Crippen molar-refractivity contribution in [3.8, 4) is 5.75 Å². The zero-order valence-electron chi connectivity index (χ0n) is 9.64. The van der Waals surface area contributed by atoms with Crippen LogP contribution in [0.3, 0.4) is 0 Å². The van der Waals surface area contributed by atoms with Gasteiger partial charge in [-0.05, 0) is 13.8 Å². The van der Waals surface area contributed by atoms with Crippen molar-refractivity contribution in [3.05, 3.63) is 25.0 Å². The maximum absolute atomic E-state index is 11.5. The Balaban J connectivity index is 2.46. The van der Waals surface area contributed by atoms with E-state index in [2.05, 4.69) is 17.0 Å². The van der Waals surface area contributed by atoms with Gasteiger partial charge in [-0.1, -0.05) is 6.08 Å². The molecule has 0 fully saturated rings. The average Bonchev–Trinajstić information content (AvgIpc) is 2.73. The summed E-state index contributed by atoms with van der Waals surface area (Å²) in [6.07, 6.45) is 4.45. The smallest absolute Gasteiger partial charge is 0.261 e. The van der Waals surface area contributed by atoms with Gasteiger partial charge in [0.25, 0.3) is 5.91 Å². The molecule has 5 heteroatoms. The predicted octanol–water partition coefficient (Wildman–Crippen LogP) is 0.972. The summed E-state index contributed by atoms with van der Waals surface area (Å²) in [6.45, 7) is 8.42. The summed E-state index contributed by atoms with van der Waals surface area (Å²) in [5.74, 6) is 0.437. The van der Waals surface area contributed by atoms with E-state index in [1.54, 1.807) is 30.1 Å². The monoisotopic (exact) mass is 223 g/mol. The van der Waals surface area contributed by atoms with Crippen LogP contribution in [0.15, 0.2) is 25.0 Å². The Labute approximate surface area is 95.1 Å². The summed E-state index contributed by atoms with van der Waals surface area (Å²) < 4.78 is 7.17. The molecule has 0 saturated carbocycles. The van der Waals surface area contributed by atoms with E-state index in [4.69, 9.17) is 4.74 Å². The van der Waals surface area contributed by atoms with Crippen LogP contribution in [-0.4, -0.2) is 28.3 Å². The molecule has 0 radical (unpaired) electrons. The SMILES string of the molecule is C=CCNC(=O)C(C)Oc1cnn(CC)c1. The van der Waals surface area contributed by atoms with E-state index in [1.807, 2.05) is 6.92 Å². The number of hydrogen-bond donors (Lipinski definition) is 1. The van der Waals surface area contributed by atoms with Gasteiger partial charge in [0.2, 0.25) is 0 Å². The molecule has 88 valence electrons. The Bertz CT molecular complexity index is 360. The minimum Gasteiger partial charge on any atom is -0.478 e. The number of amides is 1. The summed E-state index contributed by atoms with van der Waals surface area (Å²) in [5, 5.41) is 6.72. The maximum atomic E-state index is 11.5. The van der Waals surface area contributed by atoms with Gasteiger partial charge in [-0.2, -0.15) is 5.10 Å². The van der Waals surface area contributed by atoms with Crippen LogP contribution in [0, 0.1) is 0 Å². The quantitative estimate of drug-likeness (QED) is 0.731. The van der Waals surface area contributed by atoms with E-state index in [0.29, 0.717) is 12.3 Å². The topological polar surface area (TPSA) is 56.1 Å². The Morgan fingerprint density at radius 1 is 1.81 bits per heavy atom. The molecule has 1 N–H and O–H groups in total. The Kier molecular flexibility index (Phi) is 4.57. The van der Waals surface area contributed by atoms with Crippen molar-refractivity contribution in [1.29, 1.82) is 0 Å². The van der Waals surface area contributed by atoms with Crippen molar-refractivity contribution in [2.45, 2.75) is 26.5 Å². The lowest BCUT2D eigenvalue weighted by atomic mass is 10.3. The van der Waals surface area contributed by atoms with Gasteiger partial charge in [0.15, 0.2) is 11.9 Å². The predicted molar refractivity (Wildman–Crippen MR) is 61.2 cm³/mol. The van der Waals surface area contributed by atoms with Gasteiger partial charge in [-0.3, -0.25) is 9.48 Å². The normalized spacial score (nSPS) is 11.9. The minimum absolute atomic E-state index is 0.163. The van der Waals surface area contributed by atoms with Crippen LogP contribution in [0.2, 0.25) is 0 Å². The number of aromatic nitrogens is 2. The van der Waals surface area contributed by atoms with Crippen LogP contribution in [0.1, 0.15) is 13.8 Å². The number of ether oxygens (including phenoxy) is 1. The zero-order valence-corrected chi connectivity index (χ0v) is 9.64. The molecule has 0 aromatic carbocycles. The van der Waals surface area contributed by atoms with E-state index in [1.165, 1.54) is 0 Å². The highest BCUT2D eigenvalue weighted by Gasteiger charge is 2.14. The Morgan fingerprint density at radius 3 is 3.12 bits per heavy atom. The average molecular weight is 223 g/mol. The molecule has 1 rings (SSSR count). The van der Waals surface area contributed by atoms with E-state index >= 15 is 0 Å². The number of rotatable bonds is 6. The van der Waals surface area contributed by atoms with Gasteiger partial charge in [0, 0.05) is 13.1 Å². The van der Waals surface area contributed by atoms with Gasteiger partial charge in [-0.15, -0.1) is 6.58 Å². The highest BCUT2D eigenvalue weighted by Crippen LogP contribution is 2.10. The molecule has 16 heavy (non-hydrogen) atoms.